The van der Waals surface area contributed by atoms with Gasteiger partial charge in [0.15, 0.2) is 0 Å². The van der Waals surface area contributed by atoms with Gasteiger partial charge in [-0.25, -0.2) is 9.46 Å². The van der Waals surface area contributed by atoms with Gasteiger partial charge in [-0.15, -0.1) is 0 Å². The summed E-state index contributed by atoms with van der Waals surface area (Å²) in [5.41, 5.74) is 1.31. The quantitative estimate of drug-likeness (QED) is 0.0652. The van der Waals surface area contributed by atoms with Gasteiger partial charge in [0.05, 0.1) is 33.5 Å². The normalized spacial score (nSPS) is 17.2. The summed E-state index contributed by atoms with van der Waals surface area (Å²) < 4.78 is 42.4. The molecule has 324 valence electrons. The lowest BCUT2D eigenvalue weighted by molar-refractivity contribution is -0.0926. The van der Waals surface area contributed by atoms with Crippen molar-refractivity contribution in [2.75, 3.05) is 41.0 Å². The highest BCUT2D eigenvalue weighted by atomic mass is 31.2. The molecule has 4 atom stereocenters. The van der Waals surface area contributed by atoms with Crippen LogP contribution in [-0.4, -0.2) is 90.3 Å². The summed E-state index contributed by atoms with van der Waals surface area (Å²) in [4.78, 5) is 43.0. The summed E-state index contributed by atoms with van der Waals surface area (Å²) in [6.07, 6.45) is -0.392. The maximum absolute atomic E-state index is 13.3. The van der Waals surface area contributed by atoms with Gasteiger partial charge >= 0.3 is 5.69 Å². The van der Waals surface area contributed by atoms with Crippen LogP contribution in [0.5, 0.6) is 11.5 Å². The highest BCUT2D eigenvalue weighted by Gasteiger charge is 2.45. The Morgan fingerprint density at radius 2 is 1.38 bits per heavy atom. The zero-order valence-electron chi connectivity index (χ0n) is 36.1. The third kappa shape index (κ3) is 10.5. The first-order valence-electron chi connectivity index (χ1n) is 20.5. The minimum absolute atomic E-state index is 0.0199. The molecule has 1 amide bonds. The number of nitrogens with zero attached hydrogens (tertiary/aromatic N) is 3. The van der Waals surface area contributed by atoms with Crippen LogP contribution in [0.25, 0.3) is 0 Å². The third-order valence-electron chi connectivity index (χ3n) is 10.7. The van der Waals surface area contributed by atoms with Crippen molar-refractivity contribution < 1.29 is 32.8 Å². The molecule has 1 aromatic heterocycles. The molecule has 1 aliphatic rings. The third-order valence-corrected chi connectivity index (χ3v) is 12.9. The van der Waals surface area contributed by atoms with E-state index in [2.05, 4.69) is 37.3 Å². The summed E-state index contributed by atoms with van der Waals surface area (Å²) in [7, 11) is 3.26. The minimum Gasteiger partial charge on any atom is -0.497 e. The number of carbonyl (C=O) groups is 1. The van der Waals surface area contributed by atoms with Crippen molar-refractivity contribution in [3.63, 3.8) is 0 Å². The largest absolute Gasteiger partial charge is 0.497 e. The van der Waals surface area contributed by atoms with E-state index in [1.165, 1.54) is 10.8 Å². The van der Waals surface area contributed by atoms with Crippen LogP contribution in [0.4, 0.5) is 0 Å². The van der Waals surface area contributed by atoms with E-state index < -0.39 is 43.8 Å². The lowest BCUT2D eigenvalue weighted by atomic mass is 9.80. The number of aromatic nitrogens is 2. The molecule has 0 bridgehead atoms. The van der Waals surface area contributed by atoms with Crippen molar-refractivity contribution in [3.8, 4) is 11.5 Å². The molecule has 4 aromatic carbocycles. The minimum atomic E-state index is -1.75. The molecule has 1 aliphatic heterocycles. The van der Waals surface area contributed by atoms with Gasteiger partial charge in [-0.05, 0) is 87.7 Å². The molecule has 5 aromatic rings. The van der Waals surface area contributed by atoms with Crippen molar-refractivity contribution in [1.82, 2.24) is 19.1 Å². The number of benzene rings is 4. The molecule has 0 radical (unpaired) electrons. The van der Waals surface area contributed by atoms with E-state index in [9.17, 15) is 14.4 Å². The van der Waals surface area contributed by atoms with Gasteiger partial charge in [0, 0.05) is 49.4 Å². The molecule has 13 nitrogen and oxygen atoms in total. The number of aryl methyl sites for hydroxylation is 1. The van der Waals surface area contributed by atoms with Crippen LogP contribution in [0.1, 0.15) is 73.0 Å². The number of methoxy groups -OCH3 is 2. The van der Waals surface area contributed by atoms with Gasteiger partial charge in [-0.3, -0.25) is 19.1 Å². The summed E-state index contributed by atoms with van der Waals surface area (Å²) in [6.45, 7) is 10.5. The number of H-pyrrole nitrogens is 1. The molecule has 61 heavy (non-hydrogen) atoms. The van der Waals surface area contributed by atoms with Gasteiger partial charge in [-0.2, -0.15) is 0 Å². The molecule has 2 heterocycles. The van der Waals surface area contributed by atoms with E-state index in [0.717, 1.165) is 16.7 Å². The van der Waals surface area contributed by atoms with Gasteiger partial charge < -0.3 is 32.9 Å². The topological polar surface area (TPSA) is 134 Å². The Labute approximate surface area is 359 Å². The van der Waals surface area contributed by atoms with Gasteiger partial charge in [0.25, 0.3) is 20.0 Å². The van der Waals surface area contributed by atoms with E-state index in [0.29, 0.717) is 29.2 Å². The maximum Gasteiger partial charge on any atom is 0.330 e. The number of hydrogen-bond acceptors (Lipinski definition) is 10. The van der Waals surface area contributed by atoms with Crippen molar-refractivity contribution in [2.45, 2.75) is 77.2 Å². The molecule has 0 spiro atoms. The maximum atomic E-state index is 13.3. The van der Waals surface area contributed by atoms with Crippen LogP contribution in [0.15, 0.2) is 125 Å². The number of amides is 1. The van der Waals surface area contributed by atoms with Gasteiger partial charge in [-0.1, -0.05) is 72.8 Å². The first kappa shape index (κ1) is 45.4. The second-order valence-corrected chi connectivity index (χ2v) is 16.9. The molecule has 1 saturated heterocycles. The average Bonchev–Trinajstić information content (AvgIpc) is 3.67. The lowest BCUT2D eigenvalue weighted by Gasteiger charge is -2.39. The SMILES string of the molecule is COc1ccc(C(OC[C@H]2O[C@@H](n3cc(C)c(=O)[nH]c3=O)C[C@@H]2OP(OCCN(C)C(=O)c2ccccc2)N(C(C)C)C(C)C)(c2ccccc2)c2ccc(OC)cc2)cc1. The number of ether oxygens (including phenoxy) is 4. The lowest BCUT2D eigenvalue weighted by Crippen LogP contribution is -2.40. The highest BCUT2D eigenvalue weighted by molar-refractivity contribution is 7.44. The smallest absolute Gasteiger partial charge is 0.330 e. The molecule has 1 fully saturated rings. The predicted molar refractivity (Wildman–Crippen MR) is 236 cm³/mol. The Hall–Kier alpha value is -5.14. The van der Waals surface area contributed by atoms with Gasteiger partial charge in [0.1, 0.15) is 29.4 Å². The zero-order chi connectivity index (χ0) is 43.7. The fraction of sp³-hybridized carbons (Fsp3) is 0.383. The molecule has 0 aliphatic carbocycles. The fourth-order valence-corrected chi connectivity index (χ4v) is 9.36. The van der Waals surface area contributed by atoms with Crippen molar-refractivity contribution in [1.29, 1.82) is 0 Å². The van der Waals surface area contributed by atoms with Crippen LogP contribution in [0, 0.1) is 6.92 Å². The number of rotatable bonds is 19. The van der Waals surface area contributed by atoms with E-state index in [1.807, 2.05) is 97.1 Å². The number of carbonyl (C=O) groups excluding carboxylic acids is 1. The molecule has 0 saturated carbocycles. The first-order valence-corrected chi connectivity index (χ1v) is 21.6. The Bertz CT molecular complexity index is 2230. The van der Waals surface area contributed by atoms with Crippen LogP contribution < -0.4 is 20.7 Å². The monoisotopic (exact) mass is 852 g/mol. The molecule has 6 rings (SSSR count). The van der Waals surface area contributed by atoms with Crippen LogP contribution in [0.3, 0.4) is 0 Å². The van der Waals surface area contributed by atoms with Crippen molar-refractivity contribution in [2.24, 2.45) is 0 Å². The number of aromatic amines is 1. The zero-order valence-corrected chi connectivity index (χ0v) is 37.0. The fourth-order valence-electron chi connectivity index (χ4n) is 7.61. The Kier molecular flexibility index (Phi) is 15.3. The Balaban J connectivity index is 1.38. The summed E-state index contributed by atoms with van der Waals surface area (Å²) in [5, 5.41) is 0. The second kappa shape index (κ2) is 20.6. The first-order chi connectivity index (χ1) is 29.4. The number of hydrogen-bond donors (Lipinski definition) is 1. The van der Waals surface area contributed by atoms with E-state index in [-0.39, 0.29) is 37.6 Å². The molecule has 1 unspecified atom stereocenters. The van der Waals surface area contributed by atoms with E-state index >= 15 is 0 Å². The second-order valence-electron chi connectivity index (χ2n) is 15.5. The van der Waals surface area contributed by atoms with E-state index in [4.69, 9.17) is 28.0 Å². The number of likely N-dealkylation sites (N-methyl/N-ethyl adjacent to an activating group) is 1. The average molecular weight is 853 g/mol. The Morgan fingerprint density at radius 3 is 1.92 bits per heavy atom. The Morgan fingerprint density at radius 1 is 0.836 bits per heavy atom. The van der Waals surface area contributed by atoms with E-state index in [1.54, 1.807) is 45.2 Å². The summed E-state index contributed by atoms with van der Waals surface area (Å²) >= 11 is 0. The van der Waals surface area contributed by atoms with Gasteiger partial charge in [0.2, 0.25) is 0 Å². The molecule has 1 N–H and O–H groups in total. The number of nitrogens with one attached hydrogen (secondary N) is 1. The molecule has 14 heteroatoms. The standard InChI is InChI=1S/C47H57N4O9P/c1-32(2)51(33(3)4)61(58-28-27-49(6)45(53)35-15-11-9-12-16-35)60-41-29-43(50-30-34(5)44(52)48-46(50)54)59-42(41)31-57-47(36-17-13-10-14-18-36,37-19-23-39(55-7)24-20-37)38-21-25-40(56-8)26-22-38/h9-26,30,32-33,41-43H,27-29,31H2,1-8H3,(H,48,52,54)/t41-,42+,43+,61?/m0/s1. The molecular weight excluding hydrogens is 796 g/mol. The van der Waals surface area contributed by atoms with Crippen molar-refractivity contribution in [3.05, 3.63) is 164 Å². The molecular formula is C47H57N4O9P. The summed E-state index contributed by atoms with van der Waals surface area (Å²) in [6, 6.07) is 34.7. The van der Waals surface area contributed by atoms with Crippen LogP contribution >= 0.6 is 8.53 Å². The van der Waals surface area contributed by atoms with Crippen LogP contribution in [-0.2, 0) is 24.1 Å². The summed E-state index contributed by atoms with van der Waals surface area (Å²) in [5.74, 6) is 1.28. The van der Waals surface area contributed by atoms with Crippen molar-refractivity contribution >= 4 is 14.4 Å². The predicted octanol–water partition coefficient (Wildman–Crippen LogP) is 7.68. The highest BCUT2D eigenvalue weighted by Crippen LogP contribution is 2.50. The van der Waals surface area contributed by atoms with Crippen LogP contribution in [0.2, 0.25) is 0 Å².